The van der Waals surface area contributed by atoms with E-state index in [0.29, 0.717) is 23.9 Å². The number of ether oxygens (including phenoxy) is 2. The van der Waals surface area contributed by atoms with E-state index in [-0.39, 0.29) is 17.9 Å². The molecule has 0 spiro atoms. The van der Waals surface area contributed by atoms with Crippen molar-refractivity contribution >= 4 is 40.7 Å². The van der Waals surface area contributed by atoms with Crippen LogP contribution < -0.4 is 4.74 Å². The van der Waals surface area contributed by atoms with Crippen molar-refractivity contribution in [1.82, 2.24) is 9.80 Å². The minimum atomic E-state index is -5.08. The molecule has 1 N–H and O–H groups in total. The number of hydrogen-bond donors (Lipinski definition) is 1. The Kier molecular flexibility index (Phi) is 8.10. The van der Waals surface area contributed by atoms with Crippen molar-refractivity contribution < 1.29 is 46.9 Å². The van der Waals surface area contributed by atoms with E-state index < -0.39 is 35.5 Å². The number of aliphatic imine (C=N–C) groups is 1. The predicted molar refractivity (Wildman–Crippen MR) is 126 cm³/mol. The fraction of sp³-hybridized carbons (Fsp3) is 0.522. The lowest BCUT2D eigenvalue weighted by Gasteiger charge is -2.39. The highest BCUT2D eigenvalue weighted by Crippen LogP contribution is 2.53. The fourth-order valence-electron chi connectivity index (χ4n) is 5.01. The van der Waals surface area contributed by atoms with Crippen molar-refractivity contribution in [2.45, 2.75) is 36.9 Å². The number of fused-ring (bicyclic) bond motifs is 3. The molecule has 202 valence electrons. The van der Waals surface area contributed by atoms with E-state index in [2.05, 4.69) is 4.99 Å². The molecule has 4 rings (SSSR count). The number of carboxylic acids is 1. The van der Waals surface area contributed by atoms with Crippen LogP contribution in [0.2, 0.25) is 0 Å². The molecule has 0 radical (unpaired) electrons. The van der Waals surface area contributed by atoms with Gasteiger partial charge in [0.2, 0.25) is 11.8 Å². The van der Waals surface area contributed by atoms with Gasteiger partial charge in [0.25, 0.3) is 0 Å². The van der Waals surface area contributed by atoms with Gasteiger partial charge in [-0.3, -0.25) is 19.5 Å². The summed E-state index contributed by atoms with van der Waals surface area (Å²) in [5.41, 5.74) is -0.137. The first-order valence-corrected chi connectivity index (χ1v) is 12.1. The van der Waals surface area contributed by atoms with E-state index >= 15 is 0 Å². The van der Waals surface area contributed by atoms with E-state index in [1.54, 1.807) is 7.11 Å². The van der Waals surface area contributed by atoms with E-state index in [4.69, 9.17) is 19.4 Å². The first-order chi connectivity index (χ1) is 17.3. The van der Waals surface area contributed by atoms with Crippen LogP contribution in [0, 0.1) is 11.8 Å². The Labute approximate surface area is 214 Å². The number of hydrogen-bond acceptors (Lipinski definition) is 9. The minimum Gasteiger partial charge on any atom is -0.497 e. The molecule has 0 bridgehead atoms. The van der Waals surface area contributed by atoms with Crippen molar-refractivity contribution in [1.29, 1.82) is 0 Å². The van der Waals surface area contributed by atoms with Crippen LogP contribution >= 0.6 is 11.8 Å². The monoisotopic (exact) mass is 545 g/mol. The number of carboxylic acid groups (broad SMARTS) is 1. The van der Waals surface area contributed by atoms with Gasteiger partial charge in [-0.25, -0.2) is 9.59 Å². The number of rotatable bonds is 5. The Morgan fingerprint density at radius 1 is 1.19 bits per heavy atom. The van der Waals surface area contributed by atoms with E-state index in [9.17, 15) is 27.6 Å². The molecule has 2 fully saturated rings. The number of imide groups is 1. The molecular weight excluding hydrogens is 519 g/mol. The van der Waals surface area contributed by atoms with Gasteiger partial charge in [0.05, 0.1) is 38.6 Å². The summed E-state index contributed by atoms with van der Waals surface area (Å²) < 4.78 is 42.1. The Balaban J connectivity index is 0.000000479. The number of carbonyl (C=O) groups excluding carboxylic acids is 3. The van der Waals surface area contributed by atoms with Crippen LogP contribution in [0.25, 0.3) is 0 Å². The minimum absolute atomic E-state index is 0.240. The number of aliphatic carboxylic acids is 1. The summed E-state index contributed by atoms with van der Waals surface area (Å²) >= 11 is 1.51. The number of benzene rings is 1. The quantitative estimate of drug-likeness (QED) is 0.438. The first-order valence-electron chi connectivity index (χ1n) is 11.1. The first kappa shape index (κ1) is 28.3. The number of halogens is 3. The Morgan fingerprint density at radius 3 is 2.27 bits per heavy atom. The van der Waals surface area contributed by atoms with Crippen LogP contribution in [-0.2, 0) is 29.7 Å². The molecule has 3 heterocycles. The van der Waals surface area contributed by atoms with E-state index in [1.165, 1.54) is 25.9 Å². The average Bonchev–Trinajstić information content (AvgIpc) is 3.48. The van der Waals surface area contributed by atoms with E-state index in [1.807, 2.05) is 36.1 Å². The highest BCUT2D eigenvalue weighted by Gasteiger charge is 2.72. The topological polar surface area (TPSA) is 126 Å². The number of nitrogens with zero attached hydrogens (tertiary/aromatic N) is 3. The molecule has 0 unspecified atom stereocenters. The second-order valence-corrected chi connectivity index (χ2v) is 9.45. The van der Waals surface area contributed by atoms with Gasteiger partial charge in [-0.15, -0.1) is 0 Å². The lowest BCUT2D eigenvalue weighted by atomic mass is 9.78. The maximum Gasteiger partial charge on any atom is 0.490 e. The maximum absolute atomic E-state index is 13.1. The summed E-state index contributed by atoms with van der Waals surface area (Å²) in [6.45, 7) is 2.24. The SMILES string of the molecule is CC[C@]1(C(=O)OC)[C@H]2C(=O)N(C)C(=O)[C@H]2[C@H]2CN=C(SCc3ccc(OC)cc3)N21.O=C(O)C(F)(F)F. The molecule has 37 heavy (non-hydrogen) atoms. The number of amidine groups is 1. The van der Waals surface area contributed by atoms with Gasteiger partial charge in [0, 0.05) is 12.8 Å². The molecule has 2 amide bonds. The molecule has 0 saturated carbocycles. The summed E-state index contributed by atoms with van der Waals surface area (Å²) in [6.07, 6.45) is -4.73. The van der Waals surface area contributed by atoms with Gasteiger partial charge in [-0.05, 0) is 24.1 Å². The molecule has 0 aliphatic carbocycles. The Bertz CT molecular complexity index is 1110. The molecular formula is C23H26F3N3O7S. The summed E-state index contributed by atoms with van der Waals surface area (Å²) in [4.78, 5) is 55.5. The molecule has 2 saturated heterocycles. The summed E-state index contributed by atoms with van der Waals surface area (Å²) in [5, 5.41) is 7.81. The number of alkyl halides is 3. The normalized spacial score (nSPS) is 26.2. The smallest absolute Gasteiger partial charge is 0.490 e. The van der Waals surface area contributed by atoms with Crippen molar-refractivity contribution in [2.24, 2.45) is 16.8 Å². The zero-order chi connectivity index (χ0) is 27.7. The van der Waals surface area contributed by atoms with Crippen LogP contribution in [0.5, 0.6) is 5.75 Å². The summed E-state index contributed by atoms with van der Waals surface area (Å²) in [6, 6.07) is 7.44. The predicted octanol–water partition coefficient (Wildman–Crippen LogP) is 2.17. The zero-order valence-corrected chi connectivity index (χ0v) is 21.3. The molecule has 3 aliphatic rings. The lowest BCUT2D eigenvalue weighted by Crippen LogP contribution is -2.59. The van der Waals surface area contributed by atoms with Gasteiger partial charge in [0.1, 0.15) is 5.75 Å². The van der Waals surface area contributed by atoms with Crippen molar-refractivity contribution in [3.8, 4) is 5.75 Å². The summed E-state index contributed by atoms with van der Waals surface area (Å²) in [5.74, 6) is -3.70. The number of carbonyl (C=O) groups is 4. The molecule has 4 atom stereocenters. The molecule has 1 aromatic carbocycles. The van der Waals surface area contributed by atoms with Crippen LogP contribution in [0.4, 0.5) is 13.2 Å². The second kappa shape index (κ2) is 10.6. The highest BCUT2D eigenvalue weighted by atomic mass is 32.2. The molecule has 3 aliphatic heterocycles. The highest BCUT2D eigenvalue weighted by molar-refractivity contribution is 8.13. The number of methoxy groups -OCH3 is 2. The zero-order valence-electron chi connectivity index (χ0n) is 20.4. The Morgan fingerprint density at radius 2 is 1.78 bits per heavy atom. The molecule has 1 aromatic rings. The third-order valence-electron chi connectivity index (χ3n) is 6.73. The average molecular weight is 546 g/mol. The van der Waals surface area contributed by atoms with Crippen molar-refractivity contribution in [3.05, 3.63) is 29.8 Å². The molecule has 0 aromatic heterocycles. The lowest BCUT2D eigenvalue weighted by molar-refractivity contribution is -0.192. The van der Waals surface area contributed by atoms with Crippen LogP contribution in [0.1, 0.15) is 18.9 Å². The van der Waals surface area contributed by atoms with Crippen LogP contribution in [0.3, 0.4) is 0 Å². The third kappa shape index (κ3) is 4.86. The van der Waals surface area contributed by atoms with Crippen molar-refractivity contribution in [3.63, 3.8) is 0 Å². The number of amides is 2. The van der Waals surface area contributed by atoms with Gasteiger partial charge in [-0.1, -0.05) is 30.8 Å². The van der Waals surface area contributed by atoms with Gasteiger partial charge < -0.3 is 19.5 Å². The van der Waals surface area contributed by atoms with E-state index in [0.717, 1.165) is 16.2 Å². The Hall–Kier alpha value is -3.29. The standard InChI is InChI=1S/C21H25N3O5S.C2HF3O2/c1-5-21(19(27)29-4)16-15(17(25)23(2)18(16)26)14-10-22-20(24(14)21)30-11-12-6-8-13(28-3)9-7-12;3-2(4,5)1(6)7/h6-9,14-16H,5,10-11H2,1-4H3;(H,6,7)/t14-,15+,16-,21-;/m1./s1. The number of esters is 1. The van der Waals surface area contributed by atoms with Crippen LogP contribution in [0.15, 0.2) is 29.3 Å². The van der Waals surface area contributed by atoms with Crippen molar-refractivity contribution in [2.75, 3.05) is 27.8 Å². The molecule has 10 nitrogen and oxygen atoms in total. The third-order valence-corrected chi connectivity index (χ3v) is 7.79. The maximum atomic E-state index is 13.1. The van der Waals surface area contributed by atoms with Crippen LogP contribution in [-0.4, -0.2) is 89.4 Å². The van der Waals surface area contributed by atoms with Gasteiger partial charge in [-0.2, -0.15) is 13.2 Å². The fourth-order valence-corrected chi connectivity index (χ4v) is 6.10. The second-order valence-electron chi connectivity index (χ2n) is 8.51. The van der Waals surface area contributed by atoms with Gasteiger partial charge >= 0.3 is 18.1 Å². The van der Waals surface area contributed by atoms with Gasteiger partial charge in [0.15, 0.2) is 10.7 Å². The largest absolute Gasteiger partial charge is 0.497 e. The number of likely N-dealkylation sites (tertiary alicyclic amines) is 1. The summed E-state index contributed by atoms with van der Waals surface area (Å²) in [7, 11) is 4.43. The number of thioether (sulfide) groups is 1. The molecule has 14 heteroatoms.